The Balaban J connectivity index is 1.82. The molecule has 208 valence electrons. The predicted molar refractivity (Wildman–Crippen MR) is 157 cm³/mol. The second-order valence-corrected chi connectivity index (χ2v) is 10.7. The molecule has 0 aliphatic carbocycles. The van der Waals surface area contributed by atoms with Crippen LogP contribution in [0.25, 0.3) is 10.4 Å². The van der Waals surface area contributed by atoms with Crippen molar-refractivity contribution in [2.45, 2.75) is 50.9 Å². The quantitative estimate of drug-likeness (QED) is 0.113. The number of halogens is 1. The highest BCUT2D eigenvalue weighted by Gasteiger charge is 2.53. The predicted octanol–water partition coefficient (Wildman–Crippen LogP) is 6.04. The van der Waals surface area contributed by atoms with Crippen molar-refractivity contribution in [2.24, 2.45) is 10.1 Å². The lowest BCUT2D eigenvalue weighted by Gasteiger charge is -2.32. The van der Waals surface area contributed by atoms with E-state index in [0.29, 0.717) is 30.2 Å². The van der Waals surface area contributed by atoms with Crippen molar-refractivity contribution in [1.82, 2.24) is 5.32 Å². The molecule has 3 aromatic carbocycles. The van der Waals surface area contributed by atoms with Gasteiger partial charge >= 0.3 is 0 Å². The third-order valence-electron chi connectivity index (χ3n) is 6.51. The van der Waals surface area contributed by atoms with E-state index in [2.05, 4.69) is 31.3 Å². The van der Waals surface area contributed by atoms with Crippen LogP contribution in [0.5, 0.6) is 5.75 Å². The van der Waals surface area contributed by atoms with Gasteiger partial charge in [0.15, 0.2) is 11.6 Å². The van der Waals surface area contributed by atoms with Crippen molar-refractivity contribution < 1.29 is 19.4 Å². The van der Waals surface area contributed by atoms with E-state index >= 15 is 0 Å². The lowest BCUT2D eigenvalue weighted by Crippen LogP contribution is -2.51. The molecule has 2 atom stereocenters. The van der Waals surface area contributed by atoms with E-state index < -0.39 is 11.6 Å². The number of carbonyl (C=O) groups excluding carboxylic acids is 1. The average Bonchev–Trinajstić information content (AvgIpc) is 3.33. The highest BCUT2D eigenvalue weighted by Crippen LogP contribution is 2.43. The van der Waals surface area contributed by atoms with Crippen LogP contribution in [0.2, 0.25) is 0 Å². The molecule has 0 aromatic heterocycles. The first-order valence-electron chi connectivity index (χ1n) is 13.1. The standard InChI is InChI=1S/C30H32BrN5O4/c1-20(2)34-29(38)30(18-23-6-3-4-7-24(23)19-33-36-32)27(21-8-12-25(31)13-9-21)40-28(35-30)22-10-14-26(15-11-22)39-17-5-16-37/h3-4,6-15,20,27,37H,5,16-19H2,1-2H3,(H,34,38)/t27-,30-/m1/s1. The van der Waals surface area contributed by atoms with E-state index in [1.165, 1.54) is 0 Å². The van der Waals surface area contributed by atoms with E-state index in [-0.39, 0.29) is 31.5 Å². The van der Waals surface area contributed by atoms with Crippen molar-refractivity contribution in [3.05, 3.63) is 110 Å². The molecule has 1 aliphatic rings. The number of carbonyl (C=O) groups is 1. The van der Waals surface area contributed by atoms with E-state index in [1.54, 1.807) is 0 Å². The van der Waals surface area contributed by atoms with Gasteiger partial charge in [-0.1, -0.05) is 57.4 Å². The van der Waals surface area contributed by atoms with E-state index in [4.69, 9.17) is 25.1 Å². The Kier molecular flexibility index (Phi) is 9.82. The summed E-state index contributed by atoms with van der Waals surface area (Å²) in [7, 11) is 0. The van der Waals surface area contributed by atoms with Crippen molar-refractivity contribution in [2.75, 3.05) is 13.2 Å². The first kappa shape index (κ1) is 29.1. The number of ether oxygens (including phenoxy) is 2. The van der Waals surface area contributed by atoms with Crippen LogP contribution >= 0.6 is 15.9 Å². The normalized spacial score (nSPS) is 18.0. The number of aliphatic hydroxyl groups excluding tert-OH is 1. The van der Waals surface area contributed by atoms with Gasteiger partial charge in [-0.25, -0.2) is 4.99 Å². The van der Waals surface area contributed by atoms with Crippen LogP contribution in [0.3, 0.4) is 0 Å². The lowest BCUT2D eigenvalue weighted by molar-refractivity contribution is -0.129. The number of aliphatic hydroxyl groups is 1. The number of rotatable bonds is 12. The first-order valence-corrected chi connectivity index (χ1v) is 13.9. The van der Waals surface area contributed by atoms with Crippen LogP contribution in [-0.2, 0) is 22.5 Å². The molecule has 4 rings (SSSR count). The van der Waals surface area contributed by atoms with Crippen LogP contribution in [-0.4, -0.2) is 41.7 Å². The monoisotopic (exact) mass is 605 g/mol. The number of azide groups is 1. The Hall–Kier alpha value is -3.85. The molecule has 0 saturated carbocycles. The van der Waals surface area contributed by atoms with Crippen LogP contribution in [0.15, 0.2) is 87.4 Å². The zero-order valence-corrected chi connectivity index (χ0v) is 24.0. The summed E-state index contributed by atoms with van der Waals surface area (Å²) >= 11 is 3.50. The van der Waals surface area contributed by atoms with Gasteiger partial charge in [0.2, 0.25) is 5.90 Å². The summed E-state index contributed by atoms with van der Waals surface area (Å²) in [5.41, 5.74) is 10.8. The summed E-state index contributed by atoms with van der Waals surface area (Å²) in [6, 6.07) is 22.5. The minimum atomic E-state index is -1.34. The largest absolute Gasteiger partial charge is 0.494 e. The molecule has 40 heavy (non-hydrogen) atoms. The molecule has 0 spiro atoms. The van der Waals surface area contributed by atoms with Gasteiger partial charge in [-0.2, -0.15) is 0 Å². The van der Waals surface area contributed by atoms with Crippen LogP contribution in [0.4, 0.5) is 0 Å². The summed E-state index contributed by atoms with van der Waals surface area (Å²) in [4.78, 5) is 22.1. The summed E-state index contributed by atoms with van der Waals surface area (Å²) < 4.78 is 13.1. The number of aliphatic imine (C=N–C) groups is 1. The molecule has 3 aromatic rings. The van der Waals surface area contributed by atoms with Gasteiger partial charge in [0, 0.05) is 40.4 Å². The van der Waals surface area contributed by atoms with Gasteiger partial charge in [-0.15, -0.1) is 0 Å². The average molecular weight is 607 g/mol. The summed E-state index contributed by atoms with van der Waals surface area (Å²) in [5.74, 6) is 0.755. The van der Waals surface area contributed by atoms with Gasteiger partial charge in [-0.3, -0.25) is 4.79 Å². The maximum absolute atomic E-state index is 14.1. The highest BCUT2D eigenvalue weighted by atomic mass is 79.9. The molecule has 0 radical (unpaired) electrons. The number of benzene rings is 3. The minimum absolute atomic E-state index is 0.0622. The molecule has 0 bridgehead atoms. The maximum Gasteiger partial charge on any atom is 0.252 e. The van der Waals surface area contributed by atoms with Crippen molar-refractivity contribution in [3.8, 4) is 5.75 Å². The Morgan fingerprint density at radius 2 is 1.85 bits per heavy atom. The van der Waals surface area contributed by atoms with Crippen LogP contribution in [0, 0.1) is 0 Å². The van der Waals surface area contributed by atoms with E-state index in [0.717, 1.165) is 21.2 Å². The van der Waals surface area contributed by atoms with Crippen LogP contribution < -0.4 is 10.1 Å². The van der Waals surface area contributed by atoms with Crippen molar-refractivity contribution >= 4 is 27.7 Å². The fraction of sp³-hybridized carbons (Fsp3) is 0.333. The molecule has 0 fully saturated rings. The summed E-state index contributed by atoms with van der Waals surface area (Å²) in [6.45, 7) is 4.45. The van der Waals surface area contributed by atoms with Crippen molar-refractivity contribution in [3.63, 3.8) is 0 Å². The highest BCUT2D eigenvalue weighted by molar-refractivity contribution is 9.10. The van der Waals surface area contributed by atoms with Gasteiger partial charge in [0.05, 0.1) is 13.2 Å². The van der Waals surface area contributed by atoms with Gasteiger partial charge in [0.1, 0.15) is 5.75 Å². The van der Waals surface area contributed by atoms with Crippen LogP contribution in [0.1, 0.15) is 48.6 Å². The fourth-order valence-corrected chi connectivity index (χ4v) is 4.85. The lowest BCUT2D eigenvalue weighted by atomic mass is 9.80. The SMILES string of the molecule is CC(C)NC(=O)[C@]1(Cc2ccccc2CN=[N+]=[N-])N=C(c2ccc(OCCCO)cc2)O[C@@H]1c1ccc(Br)cc1. The molecule has 0 unspecified atom stereocenters. The van der Waals surface area contributed by atoms with Gasteiger partial charge < -0.3 is 19.9 Å². The Morgan fingerprint density at radius 3 is 2.50 bits per heavy atom. The van der Waals surface area contributed by atoms with E-state index in [9.17, 15) is 4.79 Å². The topological polar surface area (TPSA) is 129 Å². The van der Waals surface area contributed by atoms with Gasteiger partial charge in [0.25, 0.3) is 5.91 Å². The number of nitrogens with zero attached hydrogens (tertiary/aromatic N) is 4. The third kappa shape index (κ3) is 6.83. The second-order valence-electron chi connectivity index (χ2n) is 9.80. The number of hydrogen-bond donors (Lipinski definition) is 2. The van der Waals surface area contributed by atoms with E-state index in [1.807, 2.05) is 86.6 Å². The third-order valence-corrected chi connectivity index (χ3v) is 7.03. The smallest absolute Gasteiger partial charge is 0.252 e. The molecule has 9 nitrogen and oxygen atoms in total. The second kappa shape index (κ2) is 13.5. The number of hydrogen-bond acceptors (Lipinski definition) is 6. The molecule has 1 amide bonds. The minimum Gasteiger partial charge on any atom is -0.494 e. The number of nitrogens with one attached hydrogen (secondary N) is 1. The summed E-state index contributed by atoms with van der Waals surface area (Å²) in [5, 5.41) is 15.8. The van der Waals surface area contributed by atoms with Crippen molar-refractivity contribution in [1.29, 1.82) is 0 Å². The van der Waals surface area contributed by atoms with Gasteiger partial charge in [-0.05, 0) is 72.5 Å². The fourth-order valence-electron chi connectivity index (χ4n) is 4.59. The Morgan fingerprint density at radius 1 is 1.15 bits per heavy atom. The Labute approximate surface area is 242 Å². The first-order chi connectivity index (χ1) is 19.4. The zero-order valence-electron chi connectivity index (χ0n) is 22.5. The zero-order chi connectivity index (χ0) is 28.5. The molecule has 0 saturated heterocycles. The summed E-state index contributed by atoms with van der Waals surface area (Å²) in [6.07, 6.45) is 0.0541. The Bertz CT molecular complexity index is 1390. The molecule has 1 heterocycles. The molecule has 2 N–H and O–H groups in total. The molecule has 1 aliphatic heterocycles. The number of amides is 1. The molecular weight excluding hydrogens is 574 g/mol. The maximum atomic E-state index is 14.1. The molecule has 10 heteroatoms. The molecular formula is C30H32BrN5O4.